The van der Waals surface area contributed by atoms with Crippen molar-refractivity contribution in [3.05, 3.63) is 125 Å². The Bertz CT molecular complexity index is 1580. The number of benzene rings is 4. The van der Waals surface area contributed by atoms with Gasteiger partial charge in [0.1, 0.15) is 0 Å². The molecule has 1 aliphatic heterocycles. The lowest BCUT2D eigenvalue weighted by Crippen LogP contribution is -2.36. The Morgan fingerprint density at radius 2 is 1.59 bits per heavy atom. The number of ether oxygens (including phenoxy) is 3. The van der Waals surface area contributed by atoms with E-state index in [-0.39, 0.29) is 17.6 Å². The Balaban J connectivity index is 1.25. The van der Waals surface area contributed by atoms with Gasteiger partial charge in [-0.05, 0) is 72.5 Å². The fraction of sp³-hybridized carbons (Fsp3) is 0.176. The molecule has 0 fully saturated rings. The Kier molecular flexibility index (Phi) is 8.34. The number of carbonyl (C=O) groups excluding carboxylic acids is 2. The third kappa shape index (κ3) is 6.41. The van der Waals surface area contributed by atoms with Crippen molar-refractivity contribution in [2.24, 2.45) is 0 Å². The summed E-state index contributed by atoms with van der Waals surface area (Å²) in [6.07, 6.45) is 2.36. The molecule has 1 N–H and O–H groups in total. The van der Waals surface area contributed by atoms with Crippen molar-refractivity contribution in [2.45, 2.75) is 19.9 Å². The van der Waals surface area contributed by atoms with Gasteiger partial charge in [0, 0.05) is 12.1 Å². The van der Waals surface area contributed by atoms with E-state index in [0.717, 1.165) is 27.9 Å². The number of para-hydroxylation sites is 2. The lowest BCUT2D eigenvalue weighted by atomic mass is 10.1. The lowest BCUT2D eigenvalue weighted by Gasteiger charge is -2.30. The zero-order chi connectivity index (χ0) is 28.8. The van der Waals surface area contributed by atoms with E-state index in [2.05, 4.69) is 5.32 Å². The molecule has 4 aromatic rings. The normalized spacial score (nSPS) is 13.4. The van der Waals surface area contributed by atoms with E-state index >= 15 is 0 Å². The molecule has 2 amide bonds. The van der Waals surface area contributed by atoms with Gasteiger partial charge in [-0.2, -0.15) is 0 Å². The molecule has 7 heteroatoms. The molecule has 0 aliphatic carbocycles. The topological polar surface area (TPSA) is 77.1 Å². The molecule has 7 nitrogen and oxygen atoms in total. The molecule has 0 bridgehead atoms. The summed E-state index contributed by atoms with van der Waals surface area (Å²) < 4.78 is 16.6. The number of aryl methyl sites for hydroxylation is 1. The Morgan fingerprint density at radius 3 is 2.32 bits per heavy atom. The van der Waals surface area contributed by atoms with Crippen LogP contribution in [0.3, 0.4) is 0 Å². The first-order valence-electron chi connectivity index (χ1n) is 13.4. The Morgan fingerprint density at radius 1 is 0.878 bits per heavy atom. The molecule has 41 heavy (non-hydrogen) atoms. The molecule has 0 spiro atoms. The molecule has 1 heterocycles. The van der Waals surface area contributed by atoms with Crippen LogP contribution in [0.25, 0.3) is 6.08 Å². The first-order valence-corrected chi connectivity index (χ1v) is 13.4. The van der Waals surface area contributed by atoms with Crippen molar-refractivity contribution in [3.8, 4) is 17.2 Å². The van der Waals surface area contributed by atoms with Gasteiger partial charge in [-0.3, -0.25) is 14.5 Å². The van der Waals surface area contributed by atoms with Gasteiger partial charge >= 0.3 is 0 Å². The molecule has 0 saturated carbocycles. The van der Waals surface area contributed by atoms with Crippen molar-refractivity contribution >= 4 is 23.6 Å². The largest absolute Gasteiger partial charge is 0.493 e. The standard InChI is InChI=1S/C34H32N2O5/c1-23-8-10-26(11-9-23)22-36-28-6-4-5-7-29(28)41-32(34(36)38)21-24-12-15-27(16-13-24)33(37)35-19-18-25-14-17-30(39-2)31(20-25)40-3/h4-17,20-21H,18-19,22H2,1-3H3,(H,35,37). The number of hydrogen-bond acceptors (Lipinski definition) is 5. The summed E-state index contributed by atoms with van der Waals surface area (Å²) in [5, 5.41) is 2.95. The minimum Gasteiger partial charge on any atom is -0.493 e. The first kappa shape index (κ1) is 27.5. The number of fused-ring (bicyclic) bond motifs is 1. The van der Waals surface area contributed by atoms with Gasteiger partial charge in [0.2, 0.25) is 0 Å². The molecule has 4 aromatic carbocycles. The number of rotatable bonds is 9. The summed E-state index contributed by atoms with van der Waals surface area (Å²) in [6, 6.07) is 28.4. The number of nitrogens with one attached hydrogen (secondary N) is 1. The van der Waals surface area contributed by atoms with Gasteiger partial charge in [-0.1, -0.05) is 60.2 Å². The van der Waals surface area contributed by atoms with Gasteiger partial charge < -0.3 is 19.5 Å². The van der Waals surface area contributed by atoms with Crippen molar-refractivity contribution < 1.29 is 23.8 Å². The highest BCUT2D eigenvalue weighted by Gasteiger charge is 2.30. The van der Waals surface area contributed by atoms with Gasteiger partial charge in [-0.15, -0.1) is 0 Å². The van der Waals surface area contributed by atoms with Crippen LogP contribution in [0, 0.1) is 6.92 Å². The van der Waals surface area contributed by atoms with Crippen LogP contribution < -0.4 is 24.4 Å². The molecule has 0 saturated heterocycles. The van der Waals surface area contributed by atoms with Gasteiger partial charge in [0.15, 0.2) is 23.0 Å². The van der Waals surface area contributed by atoms with Crippen molar-refractivity contribution in [1.29, 1.82) is 0 Å². The fourth-order valence-electron chi connectivity index (χ4n) is 4.64. The lowest BCUT2D eigenvalue weighted by molar-refractivity contribution is -0.117. The molecule has 0 atom stereocenters. The number of carbonyl (C=O) groups is 2. The summed E-state index contributed by atoms with van der Waals surface area (Å²) in [6.45, 7) is 2.94. The van der Waals surface area contributed by atoms with Crippen LogP contribution in [0.2, 0.25) is 0 Å². The summed E-state index contributed by atoms with van der Waals surface area (Å²) >= 11 is 0. The number of anilines is 1. The minimum atomic E-state index is -0.221. The minimum absolute atomic E-state index is 0.173. The first-order chi connectivity index (χ1) is 19.9. The quantitative estimate of drug-likeness (QED) is 0.262. The van der Waals surface area contributed by atoms with Gasteiger partial charge in [0.25, 0.3) is 11.8 Å². The smallest absolute Gasteiger partial charge is 0.294 e. The molecular weight excluding hydrogens is 516 g/mol. The maximum Gasteiger partial charge on any atom is 0.294 e. The Labute approximate surface area is 240 Å². The molecule has 0 unspecified atom stereocenters. The van der Waals surface area contributed by atoms with Crippen molar-refractivity contribution in [3.63, 3.8) is 0 Å². The van der Waals surface area contributed by atoms with E-state index < -0.39 is 0 Å². The van der Waals surface area contributed by atoms with E-state index in [9.17, 15) is 9.59 Å². The number of nitrogens with zero attached hydrogens (tertiary/aromatic N) is 1. The van der Waals surface area contributed by atoms with Crippen LogP contribution in [0.1, 0.15) is 32.6 Å². The van der Waals surface area contributed by atoms with Gasteiger partial charge in [-0.25, -0.2) is 0 Å². The van der Waals surface area contributed by atoms with Crippen LogP contribution in [-0.2, 0) is 17.8 Å². The predicted molar refractivity (Wildman–Crippen MR) is 159 cm³/mol. The molecule has 0 aromatic heterocycles. The van der Waals surface area contributed by atoms with E-state index in [4.69, 9.17) is 14.2 Å². The second-order valence-corrected chi connectivity index (χ2v) is 9.77. The van der Waals surface area contributed by atoms with Crippen LogP contribution in [0.5, 0.6) is 17.2 Å². The summed E-state index contributed by atoms with van der Waals surface area (Å²) in [5.74, 6) is 1.77. The molecular formula is C34H32N2O5. The van der Waals surface area contributed by atoms with Crippen LogP contribution in [0.15, 0.2) is 96.8 Å². The van der Waals surface area contributed by atoms with E-state index in [0.29, 0.717) is 42.3 Å². The second kappa shape index (κ2) is 12.4. The molecule has 208 valence electrons. The highest BCUT2D eigenvalue weighted by atomic mass is 16.5. The average molecular weight is 549 g/mol. The maximum absolute atomic E-state index is 13.5. The molecule has 5 rings (SSSR count). The van der Waals surface area contributed by atoms with E-state index in [1.54, 1.807) is 49.5 Å². The Hall–Kier alpha value is -5.04. The maximum atomic E-state index is 13.5. The van der Waals surface area contributed by atoms with E-state index in [1.165, 1.54) is 0 Å². The highest BCUT2D eigenvalue weighted by molar-refractivity contribution is 6.09. The van der Waals surface area contributed by atoms with Crippen LogP contribution >= 0.6 is 0 Å². The third-order valence-electron chi connectivity index (χ3n) is 6.91. The summed E-state index contributed by atoms with van der Waals surface area (Å²) in [7, 11) is 3.19. The number of amides is 2. The molecule has 1 aliphatic rings. The summed E-state index contributed by atoms with van der Waals surface area (Å²) in [5.41, 5.74) is 5.24. The third-order valence-corrected chi connectivity index (χ3v) is 6.91. The van der Waals surface area contributed by atoms with Crippen molar-refractivity contribution in [2.75, 3.05) is 25.7 Å². The SMILES string of the molecule is COc1ccc(CCNC(=O)c2ccc(C=C3Oc4ccccc4N(Cc4ccc(C)cc4)C3=O)cc2)cc1OC. The van der Waals surface area contributed by atoms with E-state index in [1.807, 2.05) is 73.7 Å². The number of hydrogen-bond donors (Lipinski definition) is 1. The predicted octanol–water partition coefficient (Wildman–Crippen LogP) is 5.95. The fourth-order valence-corrected chi connectivity index (χ4v) is 4.64. The van der Waals surface area contributed by atoms with Gasteiger partial charge in [0.05, 0.1) is 26.5 Å². The van der Waals surface area contributed by atoms with Crippen LogP contribution in [-0.4, -0.2) is 32.6 Å². The average Bonchev–Trinajstić information content (AvgIpc) is 3.00. The zero-order valence-electron chi connectivity index (χ0n) is 23.3. The zero-order valence-corrected chi connectivity index (χ0v) is 23.3. The summed E-state index contributed by atoms with van der Waals surface area (Å²) in [4.78, 5) is 28.0. The monoisotopic (exact) mass is 548 g/mol. The van der Waals surface area contributed by atoms with Crippen LogP contribution in [0.4, 0.5) is 5.69 Å². The van der Waals surface area contributed by atoms with Crippen molar-refractivity contribution in [1.82, 2.24) is 5.32 Å². The second-order valence-electron chi connectivity index (χ2n) is 9.77. The highest BCUT2D eigenvalue weighted by Crippen LogP contribution is 2.36. The number of methoxy groups -OCH3 is 2. The molecule has 0 radical (unpaired) electrons.